The maximum Gasteiger partial charge on any atom is 0.358 e. The molecule has 1 aromatic heterocycles. The first-order valence-corrected chi connectivity index (χ1v) is 4.39. The van der Waals surface area contributed by atoms with Crippen molar-refractivity contribution in [2.45, 2.75) is 20.3 Å². The summed E-state index contributed by atoms with van der Waals surface area (Å²) >= 11 is 0. The number of aryl methyl sites for hydroxylation is 2. The zero-order valence-corrected chi connectivity index (χ0v) is 8.20. The quantitative estimate of drug-likeness (QED) is 0.659. The van der Waals surface area contributed by atoms with E-state index < -0.39 is 0 Å². The molecule has 0 saturated heterocycles. The summed E-state index contributed by atoms with van der Waals surface area (Å²) in [6.07, 6.45) is 0.864. The zero-order valence-electron chi connectivity index (χ0n) is 8.20. The molecule has 72 valence electrons. The fraction of sp³-hybridized carbons (Fsp3) is 0.556. The highest BCUT2D eigenvalue weighted by Crippen LogP contribution is 2.04. The van der Waals surface area contributed by atoms with E-state index in [-0.39, 0.29) is 5.97 Å². The van der Waals surface area contributed by atoms with Crippen molar-refractivity contribution in [3.63, 3.8) is 0 Å². The van der Waals surface area contributed by atoms with E-state index in [0.717, 1.165) is 12.1 Å². The summed E-state index contributed by atoms with van der Waals surface area (Å²) in [6, 6.07) is 1.76. The Labute approximate surface area is 77.5 Å². The molecule has 1 rings (SSSR count). The lowest BCUT2D eigenvalue weighted by Crippen LogP contribution is -2.06. The van der Waals surface area contributed by atoms with Gasteiger partial charge in [-0.05, 0) is 19.4 Å². The van der Waals surface area contributed by atoms with E-state index >= 15 is 0 Å². The maximum absolute atomic E-state index is 11.2. The topological polar surface area (TPSA) is 44.1 Å². The second-order valence-corrected chi connectivity index (χ2v) is 2.72. The van der Waals surface area contributed by atoms with E-state index in [0.29, 0.717) is 12.3 Å². The van der Waals surface area contributed by atoms with Gasteiger partial charge in [-0.3, -0.25) is 4.68 Å². The SMILES string of the molecule is CCOC(=O)c1cc(CC)n(C)n1. The van der Waals surface area contributed by atoms with Crippen LogP contribution in [0.4, 0.5) is 0 Å². The molecular formula is C9H14N2O2. The van der Waals surface area contributed by atoms with Crippen molar-refractivity contribution in [3.05, 3.63) is 17.5 Å². The molecule has 0 radical (unpaired) electrons. The van der Waals surface area contributed by atoms with Crippen molar-refractivity contribution in [1.29, 1.82) is 0 Å². The zero-order chi connectivity index (χ0) is 9.84. The van der Waals surface area contributed by atoms with E-state index in [1.807, 2.05) is 14.0 Å². The van der Waals surface area contributed by atoms with Gasteiger partial charge in [-0.2, -0.15) is 5.10 Å². The minimum Gasteiger partial charge on any atom is -0.461 e. The Balaban J connectivity index is 2.84. The lowest BCUT2D eigenvalue weighted by molar-refractivity contribution is 0.0518. The largest absolute Gasteiger partial charge is 0.461 e. The minimum absolute atomic E-state index is 0.349. The molecule has 0 fully saturated rings. The number of esters is 1. The Hall–Kier alpha value is -1.32. The van der Waals surface area contributed by atoms with Crippen LogP contribution in [0.25, 0.3) is 0 Å². The van der Waals surface area contributed by atoms with Crippen LogP contribution in [0.15, 0.2) is 6.07 Å². The van der Waals surface area contributed by atoms with Crippen LogP contribution in [-0.4, -0.2) is 22.4 Å². The summed E-state index contributed by atoms with van der Waals surface area (Å²) in [4.78, 5) is 11.2. The fourth-order valence-electron chi connectivity index (χ4n) is 1.14. The Morgan fingerprint density at radius 1 is 1.62 bits per heavy atom. The monoisotopic (exact) mass is 182 g/mol. The second kappa shape index (κ2) is 4.07. The molecule has 0 N–H and O–H groups in total. The van der Waals surface area contributed by atoms with E-state index in [2.05, 4.69) is 5.10 Å². The highest BCUT2D eigenvalue weighted by atomic mass is 16.5. The number of carbonyl (C=O) groups excluding carboxylic acids is 1. The van der Waals surface area contributed by atoms with Gasteiger partial charge in [0.2, 0.25) is 0 Å². The molecule has 0 aliphatic carbocycles. The predicted octanol–water partition coefficient (Wildman–Crippen LogP) is 1.16. The number of hydrogen-bond acceptors (Lipinski definition) is 3. The van der Waals surface area contributed by atoms with E-state index in [9.17, 15) is 4.79 Å². The third-order valence-corrected chi connectivity index (χ3v) is 1.82. The lowest BCUT2D eigenvalue weighted by Gasteiger charge is -1.95. The summed E-state index contributed by atoms with van der Waals surface area (Å²) < 4.78 is 6.53. The molecule has 0 spiro atoms. The highest BCUT2D eigenvalue weighted by molar-refractivity contribution is 5.87. The molecule has 0 amide bonds. The molecule has 0 aliphatic rings. The molecule has 0 saturated carbocycles. The summed E-state index contributed by atoms with van der Waals surface area (Å²) in [5.41, 5.74) is 1.42. The number of ether oxygens (including phenoxy) is 1. The molecule has 0 unspecified atom stereocenters. The summed E-state index contributed by atoms with van der Waals surface area (Å²) in [5, 5.41) is 4.04. The predicted molar refractivity (Wildman–Crippen MR) is 48.5 cm³/mol. The summed E-state index contributed by atoms with van der Waals surface area (Å²) in [6.45, 7) is 4.18. The first-order chi connectivity index (χ1) is 6.19. The van der Waals surface area contributed by atoms with Crippen molar-refractivity contribution < 1.29 is 9.53 Å². The highest BCUT2D eigenvalue weighted by Gasteiger charge is 2.11. The van der Waals surface area contributed by atoms with Crippen molar-refractivity contribution in [1.82, 2.24) is 9.78 Å². The van der Waals surface area contributed by atoms with Crippen molar-refractivity contribution in [3.8, 4) is 0 Å². The van der Waals surface area contributed by atoms with Crippen LogP contribution in [0.3, 0.4) is 0 Å². The first-order valence-electron chi connectivity index (χ1n) is 4.39. The lowest BCUT2D eigenvalue weighted by atomic mass is 10.3. The fourth-order valence-corrected chi connectivity index (χ4v) is 1.14. The Morgan fingerprint density at radius 2 is 2.31 bits per heavy atom. The first kappa shape index (κ1) is 9.77. The van der Waals surface area contributed by atoms with E-state index in [1.165, 1.54) is 0 Å². The molecule has 0 aliphatic heterocycles. The average molecular weight is 182 g/mol. The van der Waals surface area contributed by atoms with Crippen LogP contribution in [0.5, 0.6) is 0 Å². The van der Waals surface area contributed by atoms with Gasteiger partial charge in [0.05, 0.1) is 6.61 Å². The van der Waals surface area contributed by atoms with Gasteiger partial charge in [0.15, 0.2) is 5.69 Å². The van der Waals surface area contributed by atoms with Gasteiger partial charge in [0, 0.05) is 12.7 Å². The van der Waals surface area contributed by atoms with Crippen molar-refractivity contribution in [2.75, 3.05) is 6.61 Å². The van der Waals surface area contributed by atoms with Crippen molar-refractivity contribution >= 4 is 5.97 Å². The van der Waals surface area contributed by atoms with Gasteiger partial charge in [0.25, 0.3) is 0 Å². The average Bonchev–Trinajstić information content (AvgIpc) is 2.47. The van der Waals surface area contributed by atoms with Crippen LogP contribution in [0.1, 0.15) is 30.0 Å². The molecule has 0 atom stereocenters. The summed E-state index contributed by atoms with van der Waals surface area (Å²) in [7, 11) is 1.82. The van der Waals surface area contributed by atoms with Crippen LogP contribution in [0.2, 0.25) is 0 Å². The third kappa shape index (κ3) is 2.08. The smallest absolute Gasteiger partial charge is 0.358 e. The van der Waals surface area contributed by atoms with Crippen LogP contribution >= 0.6 is 0 Å². The molecule has 1 aromatic rings. The van der Waals surface area contributed by atoms with Gasteiger partial charge >= 0.3 is 5.97 Å². The molecular weight excluding hydrogens is 168 g/mol. The van der Waals surface area contributed by atoms with Gasteiger partial charge in [-0.25, -0.2) is 4.79 Å². The van der Waals surface area contributed by atoms with Crippen LogP contribution in [-0.2, 0) is 18.2 Å². The van der Waals surface area contributed by atoms with E-state index in [4.69, 9.17) is 4.74 Å². The molecule has 4 nitrogen and oxygen atoms in total. The Morgan fingerprint density at radius 3 is 2.77 bits per heavy atom. The number of carbonyl (C=O) groups is 1. The Bertz CT molecular complexity index is 305. The minimum atomic E-state index is -0.349. The van der Waals surface area contributed by atoms with Crippen molar-refractivity contribution in [2.24, 2.45) is 7.05 Å². The number of hydrogen-bond donors (Lipinski definition) is 0. The van der Waals surface area contributed by atoms with Gasteiger partial charge in [-0.1, -0.05) is 6.92 Å². The maximum atomic E-state index is 11.2. The van der Waals surface area contributed by atoms with Gasteiger partial charge in [-0.15, -0.1) is 0 Å². The molecule has 1 heterocycles. The Kier molecular flexibility index (Phi) is 3.06. The number of nitrogens with zero attached hydrogens (tertiary/aromatic N) is 2. The molecule has 0 bridgehead atoms. The van der Waals surface area contributed by atoms with Crippen LogP contribution < -0.4 is 0 Å². The standard InChI is InChI=1S/C9H14N2O2/c1-4-7-6-8(10-11(7)3)9(12)13-5-2/h6H,4-5H2,1-3H3. The van der Waals surface area contributed by atoms with Crippen LogP contribution in [0, 0.1) is 0 Å². The van der Waals surface area contributed by atoms with Gasteiger partial charge in [0.1, 0.15) is 0 Å². The molecule has 4 heteroatoms. The van der Waals surface area contributed by atoms with Gasteiger partial charge < -0.3 is 4.74 Å². The number of rotatable bonds is 3. The third-order valence-electron chi connectivity index (χ3n) is 1.82. The second-order valence-electron chi connectivity index (χ2n) is 2.72. The molecule has 0 aromatic carbocycles. The van der Waals surface area contributed by atoms with E-state index in [1.54, 1.807) is 17.7 Å². The number of aromatic nitrogens is 2. The summed E-state index contributed by atoms with van der Waals surface area (Å²) in [5.74, 6) is -0.349. The molecule has 13 heavy (non-hydrogen) atoms. The normalized spacial score (nSPS) is 10.1.